The number of rotatable bonds is 4. The molecule has 0 spiro atoms. The minimum Gasteiger partial charge on any atom is -0.496 e. The van der Waals surface area contributed by atoms with Crippen LogP contribution < -0.4 is 4.74 Å². The molecule has 1 atom stereocenters. The highest BCUT2D eigenvalue weighted by atomic mass is 16.7. The first-order chi connectivity index (χ1) is 11.8. The van der Waals surface area contributed by atoms with E-state index in [9.17, 15) is 4.79 Å². The van der Waals surface area contributed by atoms with Crippen molar-refractivity contribution in [3.05, 3.63) is 64.7 Å². The molecular weight excluding hydrogens is 304 g/mol. The Morgan fingerprint density at radius 2 is 1.88 bits per heavy atom. The topological polar surface area (TPSA) is 44.8 Å². The number of aryl methyl sites for hydroxylation is 1. The lowest BCUT2D eigenvalue weighted by Crippen LogP contribution is -2.15. The summed E-state index contributed by atoms with van der Waals surface area (Å²) in [5.74, 6) is 0.751. The molecule has 1 unspecified atom stereocenters. The number of Topliss-reactive ketones (excluding diaryl/α,β-unsaturated/α-hetero) is 1. The maximum atomic E-state index is 13.3. The van der Waals surface area contributed by atoms with Crippen LogP contribution in [0, 0.1) is 0 Å². The number of benzene rings is 2. The van der Waals surface area contributed by atoms with Crippen molar-refractivity contribution in [3.63, 3.8) is 0 Å². The molecule has 1 aliphatic carbocycles. The van der Waals surface area contributed by atoms with E-state index in [-0.39, 0.29) is 11.7 Å². The zero-order valence-corrected chi connectivity index (χ0v) is 13.7. The van der Waals surface area contributed by atoms with Crippen LogP contribution in [0.25, 0.3) is 0 Å². The van der Waals surface area contributed by atoms with Crippen molar-refractivity contribution in [1.29, 1.82) is 0 Å². The molecule has 1 aliphatic heterocycles. The maximum absolute atomic E-state index is 13.3. The van der Waals surface area contributed by atoms with Crippen LogP contribution in [0.1, 0.15) is 45.7 Å². The number of hydrogen-bond acceptors (Lipinski definition) is 4. The van der Waals surface area contributed by atoms with Crippen LogP contribution in [0.5, 0.6) is 5.75 Å². The second kappa shape index (κ2) is 6.38. The van der Waals surface area contributed by atoms with Crippen LogP contribution in [0.15, 0.2) is 42.5 Å². The SMILES string of the molecule is COc1cccc2c1C(C(=O)c1ccccc1C1OCCO1)CC2. The number of carbonyl (C=O) groups excluding carboxylic acids is 1. The maximum Gasteiger partial charge on any atom is 0.184 e. The van der Waals surface area contributed by atoms with Gasteiger partial charge in [-0.15, -0.1) is 0 Å². The fourth-order valence-corrected chi connectivity index (χ4v) is 3.74. The van der Waals surface area contributed by atoms with E-state index in [1.54, 1.807) is 7.11 Å². The monoisotopic (exact) mass is 324 g/mol. The van der Waals surface area contributed by atoms with Gasteiger partial charge >= 0.3 is 0 Å². The summed E-state index contributed by atoms with van der Waals surface area (Å²) in [7, 11) is 1.66. The van der Waals surface area contributed by atoms with Crippen molar-refractivity contribution in [2.24, 2.45) is 0 Å². The fraction of sp³-hybridized carbons (Fsp3) is 0.350. The molecule has 4 nitrogen and oxygen atoms in total. The van der Waals surface area contributed by atoms with E-state index in [2.05, 4.69) is 6.07 Å². The zero-order chi connectivity index (χ0) is 16.5. The van der Waals surface area contributed by atoms with Gasteiger partial charge in [0, 0.05) is 16.7 Å². The number of fused-ring (bicyclic) bond motifs is 1. The van der Waals surface area contributed by atoms with Crippen LogP contribution >= 0.6 is 0 Å². The molecule has 2 aromatic rings. The van der Waals surface area contributed by atoms with Gasteiger partial charge in [-0.25, -0.2) is 0 Å². The van der Waals surface area contributed by atoms with Gasteiger partial charge in [0.25, 0.3) is 0 Å². The second-order valence-corrected chi connectivity index (χ2v) is 6.15. The molecule has 24 heavy (non-hydrogen) atoms. The highest BCUT2D eigenvalue weighted by Crippen LogP contribution is 2.42. The van der Waals surface area contributed by atoms with E-state index in [0.29, 0.717) is 18.8 Å². The molecule has 0 aromatic heterocycles. The Morgan fingerprint density at radius 3 is 2.67 bits per heavy atom. The third kappa shape index (κ3) is 2.52. The summed E-state index contributed by atoms with van der Waals surface area (Å²) in [5, 5.41) is 0. The Balaban J connectivity index is 1.72. The molecule has 0 N–H and O–H groups in total. The third-order valence-electron chi connectivity index (χ3n) is 4.85. The summed E-state index contributed by atoms with van der Waals surface area (Å²) in [4.78, 5) is 13.3. The van der Waals surface area contributed by atoms with Crippen LogP contribution in [0.4, 0.5) is 0 Å². The van der Waals surface area contributed by atoms with E-state index >= 15 is 0 Å². The predicted octanol–water partition coefficient (Wildman–Crippen LogP) is 3.65. The van der Waals surface area contributed by atoms with Gasteiger partial charge < -0.3 is 14.2 Å². The summed E-state index contributed by atoms with van der Waals surface area (Å²) in [6, 6.07) is 13.6. The molecule has 0 bridgehead atoms. The van der Waals surface area contributed by atoms with Gasteiger partial charge in [-0.1, -0.05) is 36.4 Å². The van der Waals surface area contributed by atoms with Gasteiger partial charge in [-0.2, -0.15) is 0 Å². The molecule has 124 valence electrons. The van der Waals surface area contributed by atoms with Gasteiger partial charge in [0.15, 0.2) is 12.1 Å². The normalized spacial score (nSPS) is 20.1. The van der Waals surface area contributed by atoms with Gasteiger partial charge in [-0.3, -0.25) is 4.79 Å². The first kappa shape index (κ1) is 15.4. The largest absolute Gasteiger partial charge is 0.496 e. The zero-order valence-electron chi connectivity index (χ0n) is 13.7. The molecule has 1 fully saturated rings. The first-order valence-corrected chi connectivity index (χ1v) is 8.31. The molecule has 2 aliphatic rings. The number of methoxy groups -OCH3 is 1. The van der Waals surface area contributed by atoms with E-state index in [1.807, 2.05) is 36.4 Å². The van der Waals surface area contributed by atoms with Crippen molar-refractivity contribution in [2.75, 3.05) is 20.3 Å². The Hall–Kier alpha value is -2.17. The third-order valence-corrected chi connectivity index (χ3v) is 4.85. The highest BCUT2D eigenvalue weighted by Gasteiger charge is 2.34. The van der Waals surface area contributed by atoms with Crippen molar-refractivity contribution >= 4 is 5.78 Å². The average molecular weight is 324 g/mol. The standard InChI is InChI=1S/C20H20O4/c1-22-17-8-4-5-13-9-10-16(18(13)17)19(21)14-6-2-3-7-15(14)20-23-11-12-24-20/h2-8,16,20H,9-12H2,1H3. The Morgan fingerprint density at radius 1 is 1.08 bits per heavy atom. The first-order valence-electron chi connectivity index (χ1n) is 8.31. The van der Waals surface area contributed by atoms with Gasteiger partial charge in [-0.05, 0) is 24.5 Å². The summed E-state index contributed by atoms with van der Waals surface area (Å²) in [5.41, 5.74) is 3.75. The molecule has 0 amide bonds. The molecule has 4 heteroatoms. The van der Waals surface area contributed by atoms with Crippen LogP contribution in [0.2, 0.25) is 0 Å². The minimum absolute atomic E-state index is 0.118. The highest BCUT2D eigenvalue weighted by molar-refractivity contribution is 6.03. The average Bonchev–Trinajstić information content (AvgIpc) is 3.30. The fourth-order valence-electron chi connectivity index (χ4n) is 3.74. The van der Waals surface area contributed by atoms with Crippen molar-refractivity contribution in [3.8, 4) is 5.75 Å². The lowest BCUT2D eigenvalue weighted by molar-refractivity contribution is -0.0445. The number of ether oxygens (including phenoxy) is 3. The van der Waals surface area contributed by atoms with Gasteiger partial charge in [0.05, 0.1) is 26.2 Å². The minimum atomic E-state index is -0.441. The molecule has 1 heterocycles. The quantitative estimate of drug-likeness (QED) is 0.805. The van der Waals surface area contributed by atoms with E-state index < -0.39 is 6.29 Å². The molecule has 0 radical (unpaired) electrons. The summed E-state index contributed by atoms with van der Waals surface area (Å²) < 4.78 is 16.7. The lowest BCUT2D eigenvalue weighted by atomic mass is 9.89. The van der Waals surface area contributed by atoms with Crippen LogP contribution in [0.3, 0.4) is 0 Å². The second-order valence-electron chi connectivity index (χ2n) is 6.15. The Kier molecular flexibility index (Phi) is 4.08. The summed E-state index contributed by atoms with van der Waals surface area (Å²) >= 11 is 0. The predicted molar refractivity (Wildman–Crippen MR) is 89.5 cm³/mol. The Labute approximate surface area is 141 Å². The molecule has 4 rings (SSSR count). The molecule has 0 saturated carbocycles. The van der Waals surface area contributed by atoms with E-state index in [1.165, 1.54) is 5.56 Å². The summed E-state index contributed by atoms with van der Waals surface area (Å²) in [6.45, 7) is 1.13. The van der Waals surface area contributed by atoms with E-state index in [4.69, 9.17) is 14.2 Å². The van der Waals surface area contributed by atoms with Crippen LogP contribution in [-0.4, -0.2) is 26.1 Å². The van der Waals surface area contributed by atoms with Crippen LogP contribution in [-0.2, 0) is 15.9 Å². The van der Waals surface area contributed by atoms with Crippen molar-refractivity contribution < 1.29 is 19.0 Å². The number of hydrogen-bond donors (Lipinski definition) is 0. The molecular formula is C20H20O4. The van der Waals surface area contributed by atoms with Crippen molar-refractivity contribution in [2.45, 2.75) is 25.0 Å². The number of carbonyl (C=O) groups is 1. The van der Waals surface area contributed by atoms with Gasteiger partial charge in [0.2, 0.25) is 0 Å². The molecule has 1 saturated heterocycles. The van der Waals surface area contributed by atoms with E-state index in [0.717, 1.165) is 29.7 Å². The summed E-state index contributed by atoms with van der Waals surface area (Å²) in [6.07, 6.45) is 1.28. The smallest absolute Gasteiger partial charge is 0.184 e. The Bertz CT molecular complexity index is 762. The lowest BCUT2D eigenvalue weighted by Gasteiger charge is -2.18. The van der Waals surface area contributed by atoms with Gasteiger partial charge in [0.1, 0.15) is 5.75 Å². The number of ketones is 1. The van der Waals surface area contributed by atoms with Crippen molar-refractivity contribution in [1.82, 2.24) is 0 Å². The molecule has 2 aromatic carbocycles.